The molecule has 0 bridgehead atoms. The molecule has 2 N–H and O–H groups in total. The van der Waals surface area contributed by atoms with E-state index in [2.05, 4.69) is 20.8 Å². The third-order valence-electron chi connectivity index (χ3n) is 4.47. The van der Waals surface area contributed by atoms with Gasteiger partial charge in [-0.05, 0) is 38.1 Å². The number of benzene rings is 2. The molecule has 0 fully saturated rings. The van der Waals surface area contributed by atoms with Crippen molar-refractivity contribution in [1.82, 2.24) is 20.1 Å². The highest BCUT2D eigenvalue weighted by Crippen LogP contribution is 2.32. The van der Waals surface area contributed by atoms with Gasteiger partial charge in [0.1, 0.15) is 19.0 Å². The second-order valence-electron chi connectivity index (χ2n) is 6.85. The van der Waals surface area contributed by atoms with Gasteiger partial charge in [0.05, 0.1) is 5.75 Å². The minimum Gasteiger partial charge on any atom is -0.486 e. The van der Waals surface area contributed by atoms with Crippen molar-refractivity contribution in [1.29, 1.82) is 0 Å². The van der Waals surface area contributed by atoms with Crippen LogP contribution >= 0.6 is 11.8 Å². The number of amides is 3. The second-order valence-corrected chi connectivity index (χ2v) is 7.79. The van der Waals surface area contributed by atoms with E-state index in [0.717, 1.165) is 11.3 Å². The second kappa shape index (κ2) is 9.09. The Morgan fingerprint density at radius 2 is 1.77 bits per heavy atom. The number of thioether (sulfide) groups is 1. The number of fused-ring (bicyclic) bond motifs is 1. The first-order valence-corrected chi connectivity index (χ1v) is 10.6. The molecule has 0 unspecified atom stereocenters. The lowest BCUT2D eigenvalue weighted by Crippen LogP contribution is -2.35. The van der Waals surface area contributed by atoms with Gasteiger partial charge in [-0.2, -0.15) is 0 Å². The van der Waals surface area contributed by atoms with E-state index in [1.54, 1.807) is 18.2 Å². The molecule has 1 aliphatic heterocycles. The molecule has 0 aliphatic carbocycles. The number of nitrogens with zero attached hydrogens (tertiary/aromatic N) is 3. The molecule has 160 valence electrons. The van der Waals surface area contributed by atoms with Crippen molar-refractivity contribution in [2.24, 2.45) is 0 Å². The lowest BCUT2D eigenvalue weighted by Gasteiger charge is -2.19. The first-order chi connectivity index (χ1) is 15.0. The molecule has 4 rings (SSSR count). The zero-order chi connectivity index (χ0) is 21.8. The Morgan fingerprint density at radius 1 is 1.03 bits per heavy atom. The fraction of sp³-hybridized carbons (Fsp3) is 0.238. The van der Waals surface area contributed by atoms with Crippen LogP contribution in [0.15, 0.2) is 47.6 Å². The van der Waals surface area contributed by atoms with E-state index in [1.165, 1.54) is 11.8 Å². The van der Waals surface area contributed by atoms with Crippen LogP contribution in [0.2, 0.25) is 0 Å². The smallest absolute Gasteiger partial charge is 0.325 e. The van der Waals surface area contributed by atoms with Crippen LogP contribution in [0.25, 0.3) is 5.69 Å². The van der Waals surface area contributed by atoms with E-state index < -0.39 is 11.9 Å². The first-order valence-electron chi connectivity index (χ1n) is 9.62. The number of carbonyl (C=O) groups is 2. The largest absolute Gasteiger partial charge is 0.486 e. The summed E-state index contributed by atoms with van der Waals surface area (Å²) in [5, 5.41) is 13.8. The highest BCUT2D eigenvalue weighted by Gasteiger charge is 2.16. The van der Waals surface area contributed by atoms with E-state index in [1.807, 2.05) is 42.7 Å². The summed E-state index contributed by atoms with van der Waals surface area (Å²) in [5.74, 6) is 1.45. The lowest BCUT2D eigenvalue weighted by atomic mass is 10.2. The van der Waals surface area contributed by atoms with Crippen molar-refractivity contribution < 1.29 is 19.1 Å². The molecule has 3 amide bonds. The van der Waals surface area contributed by atoms with Gasteiger partial charge in [0.15, 0.2) is 16.7 Å². The van der Waals surface area contributed by atoms with Crippen molar-refractivity contribution in [3.05, 3.63) is 53.9 Å². The van der Waals surface area contributed by atoms with Gasteiger partial charge in [0.25, 0.3) is 0 Å². The van der Waals surface area contributed by atoms with E-state index >= 15 is 0 Å². The maximum Gasteiger partial charge on any atom is 0.325 e. The number of aromatic nitrogens is 3. The third-order valence-corrected chi connectivity index (χ3v) is 5.40. The van der Waals surface area contributed by atoms with Crippen LogP contribution in [-0.2, 0) is 4.79 Å². The Bertz CT molecular complexity index is 1110. The van der Waals surface area contributed by atoms with Gasteiger partial charge in [0, 0.05) is 17.4 Å². The molecule has 10 heteroatoms. The van der Waals surface area contributed by atoms with Crippen LogP contribution in [0.4, 0.5) is 10.5 Å². The van der Waals surface area contributed by atoms with Crippen LogP contribution in [0.3, 0.4) is 0 Å². The number of carbonyl (C=O) groups excluding carboxylic acids is 2. The van der Waals surface area contributed by atoms with E-state index in [4.69, 9.17) is 9.47 Å². The Labute approximate surface area is 183 Å². The zero-order valence-corrected chi connectivity index (χ0v) is 17.9. The average Bonchev–Trinajstić information content (AvgIpc) is 3.13. The quantitative estimate of drug-likeness (QED) is 0.588. The van der Waals surface area contributed by atoms with Crippen LogP contribution in [0.5, 0.6) is 11.5 Å². The molecule has 31 heavy (non-hydrogen) atoms. The highest BCUT2D eigenvalue weighted by atomic mass is 32.2. The van der Waals surface area contributed by atoms with E-state index in [-0.39, 0.29) is 5.75 Å². The topological polar surface area (TPSA) is 107 Å². The van der Waals surface area contributed by atoms with Crippen molar-refractivity contribution in [3.8, 4) is 17.2 Å². The van der Waals surface area contributed by atoms with Gasteiger partial charge in [-0.1, -0.05) is 29.5 Å². The summed E-state index contributed by atoms with van der Waals surface area (Å²) < 4.78 is 12.8. The van der Waals surface area contributed by atoms with Gasteiger partial charge in [-0.3, -0.25) is 14.7 Å². The number of imide groups is 1. The van der Waals surface area contributed by atoms with Crippen LogP contribution in [0, 0.1) is 13.8 Å². The third kappa shape index (κ3) is 4.97. The number of ether oxygens (including phenoxy) is 2. The monoisotopic (exact) mass is 439 g/mol. The molecule has 0 saturated heterocycles. The average molecular weight is 439 g/mol. The van der Waals surface area contributed by atoms with Crippen molar-refractivity contribution in [2.45, 2.75) is 19.0 Å². The standard InChI is InChI=1S/C21H21N5O4S/c1-13-3-6-16(7-4-13)26-14(2)24-25-21(26)31-12-19(27)23-20(28)22-15-5-8-17-18(11-15)30-10-9-29-17/h3-8,11H,9-10,12H2,1-2H3,(H2,22,23,27,28). The van der Waals surface area contributed by atoms with Crippen molar-refractivity contribution in [2.75, 3.05) is 24.3 Å². The summed E-state index contributed by atoms with van der Waals surface area (Å²) in [6.07, 6.45) is 0. The lowest BCUT2D eigenvalue weighted by molar-refractivity contribution is -0.117. The summed E-state index contributed by atoms with van der Waals surface area (Å²) in [4.78, 5) is 24.4. The zero-order valence-electron chi connectivity index (χ0n) is 17.0. The molecule has 0 saturated carbocycles. The molecule has 2 heterocycles. The summed E-state index contributed by atoms with van der Waals surface area (Å²) in [7, 11) is 0. The fourth-order valence-electron chi connectivity index (χ4n) is 3.00. The van der Waals surface area contributed by atoms with Crippen molar-refractivity contribution >= 4 is 29.4 Å². The molecular weight excluding hydrogens is 418 g/mol. The van der Waals surface area contributed by atoms with Gasteiger partial charge in [-0.25, -0.2) is 4.79 Å². The van der Waals surface area contributed by atoms with Gasteiger partial charge < -0.3 is 14.8 Å². The molecule has 0 radical (unpaired) electrons. The molecular formula is C21H21N5O4S. The molecule has 3 aromatic rings. The number of hydrogen-bond donors (Lipinski definition) is 2. The molecule has 9 nitrogen and oxygen atoms in total. The molecule has 2 aromatic carbocycles. The fourth-order valence-corrected chi connectivity index (χ4v) is 3.80. The number of hydrogen-bond acceptors (Lipinski definition) is 7. The Kier molecular flexibility index (Phi) is 6.08. The number of urea groups is 1. The van der Waals surface area contributed by atoms with Gasteiger partial charge in [-0.15, -0.1) is 10.2 Å². The predicted molar refractivity (Wildman–Crippen MR) is 116 cm³/mol. The molecule has 1 aliphatic rings. The van der Waals surface area contributed by atoms with E-state index in [9.17, 15) is 9.59 Å². The predicted octanol–water partition coefficient (Wildman–Crippen LogP) is 3.10. The van der Waals surface area contributed by atoms with Crippen LogP contribution < -0.4 is 20.1 Å². The first kappa shape index (κ1) is 20.7. The van der Waals surface area contributed by atoms with Gasteiger partial charge in [0.2, 0.25) is 5.91 Å². The summed E-state index contributed by atoms with van der Waals surface area (Å²) in [6, 6.07) is 12.4. The number of nitrogens with one attached hydrogen (secondary N) is 2. The normalized spacial score (nSPS) is 12.3. The maximum absolute atomic E-state index is 12.3. The highest BCUT2D eigenvalue weighted by molar-refractivity contribution is 7.99. The minimum atomic E-state index is -0.626. The Balaban J connectivity index is 1.33. The van der Waals surface area contributed by atoms with Gasteiger partial charge >= 0.3 is 6.03 Å². The maximum atomic E-state index is 12.3. The molecule has 0 atom stereocenters. The number of anilines is 1. The minimum absolute atomic E-state index is 0.0125. The van der Waals surface area contributed by atoms with Crippen LogP contribution in [-0.4, -0.2) is 45.7 Å². The van der Waals surface area contributed by atoms with E-state index in [0.29, 0.717) is 41.4 Å². The Morgan fingerprint density at radius 3 is 2.55 bits per heavy atom. The summed E-state index contributed by atoms with van der Waals surface area (Å²) in [5.41, 5.74) is 2.55. The van der Waals surface area contributed by atoms with Crippen molar-refractivity contribution in [3.63, 3.8) is 0 Å². The summed E-state index contributed by atoms with van der Waals surface area (Å²) >= 11 is 1.20. The number of aryl methyl sites for hydroxylation is 2. The molecule has 1 aromatic heterocycles. The SMILES string of the molecule is Cc1ccc(-n2c(C)nnc2SCC(=O)NC(=O)Nc2ccc3c(c2)OCCO3)cc1. The number of rotatable bonds is 5. The Hall–Kier alpha value is -3.53. The summed E-state index contributed by atoms with van der Waals surface area (Å²) in [6.45, 7) is 4.80. The molecule has 0 spiro atoms. The van der Waals surface area contributed by atoms with Crippen LogP contribution in [0.1, 0.15) is 11.4 Å².